The van der Waals surface area contributed by atoms with Crippen molar-refractivity contribution in [2.75, 3.05) is 0 Å². The van der Waals surface area contributed by atoms with Crippen LogP contribution in [0.5, 0.6) is 0 Å². The molecule has 0 amide bonds. The van der Waals surface area contributed by atoms with Crippen LogP contribution in [0.2, 0.25) is 0 Å². The van der Waals surface area contributed by atoms with Gasteiger partial charge in [0.05, 0.1) is 17.3 Å². The van der Waals surface area contributed by atoms with Crippen molar-refractivity contribution >= 4 is 0 Å². The molecule has 0 spiro atoms. The molecule has 0 radical (unpaired) electrons. The smallest absolute Gasteiger partial charge is 0.0871 e. The lowest BCUT2D eigenvalue weighted by Crippen LogP contribution is -2.45. The van der Waals surface area contributed by atoms with Crippen LogP contribution in [0.1, 0.15) is 59.8 Å². The lowest BCUT2D eigenvalue weighted by Gasteiger charge is -2.46. The van der Waals surface area contributed by atoms with Crippen molar-refractivity contribution in [3.8, 4) is 0 Å². The Morgan fingerprint density at radius 1 is 1.29 bits per heavy atom. The molecule has 0 saturated carbocycles. The standard InChI is InChI=1S/C15H26O2/c1-11-6-7-12(10-13(11)16)15(4)9-5-8-14(2,3)17-15/h10-11,13,16H,5-9H2,1-4H3/t11?,13-,15-/m1/s1. The minimum Gasteiger partial charge on any atom is -0.389 e. The molecule has 1 heterocycles. The first-order chi connectivity index (χ1) is 7.82. The van der Waals surface area contributed by atoms with E-state index >= 15 is 0 Å². The molecule has 1 N–H and O–H groups in total. The van der Waals surface area contributed by atoms with Crippen LogP contribution in [0.3, 0.4) is 0 Å². The van der Waals surface area contributed by atoms with Gasteiger partial charge in [-0.25, -0.2) is 0 Å². The van der Waals surface area contributed by atoms with Crippen LogP contribution < -0.4 is 0 Å². The molecule has 1 aliphatic heterocycles. The molecule has 0 aromatic rings. The molecule has 98 valence electrons. The highest BCUT2D eigenvalue weighted by Gasteiger charge is 2.41. The number of aliphatic hydroxyl groups is 1. The summed E-state index contributed by atoms with van der Waals surface area (Å²) >= 11 is 0. The number of ether oxygens (including phenoxy) is 1. The summed E-state index contributed by atoms with van der Waals surface area (Å²) in [6, 6.07) is 0. The fourth-order valence-electron chi connectivity index (χ4n) is 3.24. The molecule has 1 unspecified atom stereocenters. The predicted octanol–water partition coefficient (Wildman–Crippen LogP) is 3.44. The van der Waals surface area contributed by atoms with E-state index in [1.165, 1.54) is 12.0 Å². The van der Waals surface area contributed by atoms with Gasteiger partial charge < -0.3 is 9.84 Å². The maximum absolute atomic E-state index is 9.99. The summed E-state index contributed by atoms with van der Waals surface area (Å²) in [5.74, 6) is 0.388. The molecule has 0 aromatic carbocycles. The molecule has 1 saturated heterocycles. The Labute approximate surface area is 105 Å². The van der Waals surface area contributed by atoms with E-state index in [0.717, 1.165) is 25.7 Å². The van der Waals surface area contributed by atoms with E-state index in [2.05, 4.69) is 33.8 Å². The van der Waals surface area contributed by atoms with Crippen LogP contribution in [-0.2, 0) is 4.74 Å². The van der Waals surface area contributed by atoms with Gasteiger partial charge in [0.25, 0.3) is 0 Å². The molecule has 2 aliphatic rings. The van der Waals surface area contributed by atoms with Crippen LogP contribution >= 0.6 is 0 Å². The molecule has 0 bridgehead atoms. The third-order valence-corrected chi connectivity index (χ3v) is 4.44. The van der Waals surface area contributed by atoms with E-state index in [4.69, 9.17) is 4.74 Å². The summed E-state index contributed by atoms with van der Waals surface area (Å²) < 4.78 is 6.30. The van der Waals surface area contributed by atoms with Crippen LogP contribution in [0.15, 0.2) is 11.6 Å². The molecule has 3 atom stereocenters. The number of aliphatic hydroxyl groups excluding tert-OH is 1. The zero-order valence-corrected chi connectivity index (χ0v) is 11.6. The first kappa shape index (κ1) is 13.1. The van der Waals surface area contributed by atoms with Crippen molar-refractivity contribution < 1.29 is 9.84 Å². The molecule has 17 heavy (non-hydrogen) atoms. The third-order valence-electron chi connectivity index (χ3n) is 4.44. The average Bonchev–Trinajstić information content (AvgIpc) is 2.20. The summed E-state index contributed by atoms with van der Waals surface area (Å²) in [4.78, 5) is 0. The Bertz CT molecular complexity index is 319. The normalized spacial score (nSPS) is 42.1. The van der Waals surface area contributed by atoms with Crippen LogP contribution in [-0.4, -0.2) is 22.4 Å². The van der Waals surface area contributed by atoms with E-state index in [9.17, 15) is 5.11 Å². The predicted molar refractivity (Wildman–Crippen MR) is 69.9 cm³/mol. The van der Waals surface area contributed by atoms with Crippen LogP contribution in [0.4, 0.5) is 0 Å². The van der Waals surface area contributed by atoms with Crippen LogP contribution in [0.25, 0.3) is 0 Å². The first-order valence-electron chi connectivity index (χ1n) is 6.92. The molecule has 1 aliphatic carbocycles. The fraction of sp³-hybridized carbons (Fsp3) is 0.867. The van der Waals surface area contributed by atoms with Crippen LogP contribution in [0, 0.1) is 5.92 Å². The van der Waals surface area contributed by atoms with Gasteiger partial charge >= 0.3 is 0 Å². The second kappa shape index (κ2) is 4.40. The quantitative estimate of drug-likeness (QED) is 0.709. The summed E-state index contributed by atoms with van der Waals surface area (Å²) in [5, 5.41) is 9.99. The second-order valence-corrected chi connectivity index (χ2v) is 6.64. The van der Waals surface area contributed by atoms with Gasteiger partial charge in [0.2, 0.25) is 0 Å². The fourth-order valence-corrected chi connectivity index (χ4v) is 3.24. The van der Waals surface area contributed by atoms with Crippen molar-refractivity contribution in [3.05, 3.63) is 11.6 Å². The third kappa shape index (κ3) is 2.74. The monoisotopic (exact) mass is 238 g/mol. The highest BCUT2D eigenvalue weighted by atomic mass is 16.5. The minimum atomic E-state index is -0.288. The maximum Gasteiger partial charge on any atom is 0.0871 e. The van der Waals surface area contributed by atoms with Gasteiger partial charge in [-0.05, 0) is 64.4 Å². The second-order valence-electron chi connectivity index (χ2n) is 6.64. The molecule has 1 fully saturated rings. The highest BCUT2D eigenvalue weighted by Crippen LogP contribution is 2.42. The van der Waals surface area contributed by atoms with Gasteiger partial charge in [-0.1, -0.05) is 13.0 Å². The van der Waals surface area contributed by atoms with E-state index in [-0.39, 0.29) is 17.3 Å². The van der Waals surface area contributed by atoms with Gasteiger partial charge in [-0.3, -0.25) is 0 Å². The highest BCUT2D eigenvalue weighted by molar-refractivity contribution is 5.22. The molecular weight excluding hydrogens is 212 g/mol. The Kier molecular flexibility index (Phi) is 3.39. The summed E-state index contributed by atoms with van der Waals surface area (Å²) in [5.41, 5.74) is 1.14. The van der Waals surface area contributed by atoms with E-state index in [0.29, 0.717) is 5.92 Å². The topological polar surface area (TPSA) is 29.5 Å². The first-order valence-corrected chi connectivity index (χ1v) is 6.92. The van der Waals surface area contributed by atoms with Crippen molar-refractivity contribution in [1.29, 1.82) is 0 Å². The van der Waals surface area contributed by atoms with E-state index < -0.39 is 0 Å². The largest absolute Gasteiger partial charge is 0.389 e. The zero-order valence-electron chi connectivity index (χ0n) is 11.6. The summed E-state index contributed by atoms with van der Waals surface area (Å²) in [6.45, 7) is 8.66. The van der Waals surface area contributed by atoms with Crippen molar-refractivity contribution in [2.45, 2.75) is 77.1 Å². The summed E-state index contributed by atoms with van der Waals surface area (Å²) in [7, 11) is 0. The number of hydrogen-bond acceptors (Lipinski definition) is 2. The van der Waals surface area contributed by atoms with Crippen molar-refractivity contribution in [3.63, 3.8) is 0 Å². The Morgan fingerprint density at radius 2 is 2.00 bits per heavy atom. The van der Waals surface area contributed by atoms with E-state index in [1.807, 2.05) is 0 Å². The summed E-state index contributed by atoms with van der Waals surface area (Å²) in [6.07, 6.45) is 7.35. The van der Waals surface area contributed by atoms with Crippen molar-refractivity contribution in [2.24, 2.45) is 5.92 Å². The molecule has 0 aromatic heterocycles. The number of hydrogen-bond donors (Lipinski definition) is 1. The van der Waals surface area contributed by atoms with Gasteiger partial charge in [0, 0.05) is 0 Å². The zero-order chi connectivity index (χ0) is 12.7. The van der Waals surface area contributed by atoms with E-state index in [1.54, 1.807) is 0 Å². The average molecular weight is 238 g/mol. The Hall–Kier alpha value is -0.340. The molecule has 2 nitrogen and oxygen atoms in total. The molecule has 2 rings (SSSR count). The number of rotatable bonds is 1. The lowest BCUT2D eigenvalue weighted by atomic mass is 9.76. The molecule has 2 heteroatoms. The van der Waals surface area contributed by atoms with Crippen molar-refractivity contribution in [1.82, 2.24) is 0 Å². The Balaban J connectivity index is 2.18. The SMILES string of the molecule is CC1CCC([C@@]2(C)CCCC(C)(C)O2)=C[C@H]1O. The molecular formula is C15H26O2. The van der Waals surface area contributed by atoms with Gasteiger partial charge in [0.1, 0.15) is 0 Å². The minimum absolute atomic E-state index is 0.0259. The van der Waals surface area contributed by atoms with Gasteiger partial charge in [0.15, 0.2) is 0 Å². The van der Waals surface area contributed by atoms with Gasteiger partial charge in [-0.15, -0.1) is 0 Å². The maximum atomic E-state index is 9.99. The Morgan fingerprint density at radius 3 is 2.59 bits per heavy atom. The lowest BCUT2D eigenvalue weighted by molar-refractivity contribution is -0.148. The van der Waals surface area contributed by atoms with Gasteiger partial charge in [-0.2, -0.15) is 0 Å².